The van der Waals surface area contributed by atoms with E-state index in [9.17, 15) is 14.7 Å². The molecule has 6 nitrogen and oxygen atoms in total. The van der Waals surface area contributed by atoms with Crippen molar-refractivity contribution in [1.82, 2.24) is 14.9 Å². The highest BCUT2D eigenvalue weighted by Gasteiger charge is 2.37. The molecule has 0 spiro atoms. The number of aliphatic carboxylic acids is 1. The molecular formula is C13H19N3O3. The number of imidazole rings is 1. The van der Waals surface area contributed by atoms with Crippen LogP contribution in [0.1, 0.15) is 31.5 Å². The summed E-state index contributed by atoms with van der Waals surface area (Å²) in [6.07, 6.45) is 6.42. The number of aromatic amines is 1. The predicted octanol–water partition coefficient (Wildman–Crippen LogP) is 1.26. The Hall–Kier alpha value is -1.85. The van der Waals surface area contributed by atoms with Crippen LogP contribution in [0.5, 0.6) is 0 Å². The number of carbonyl (C=O) groups is 2. The van der Waals surface area contributed by atoms with Gasteiger partial charge in [0.2, 0.25) is 5.91 Å². The van der Waals surface area contributed by atoms with Gasteiger partial charge in [0.1, 0.15) is 5.82 Å². The summed E-state index contributed by atoms with van der Waals surface area (Å²) < 4.78 is 0. The topological polar surface area (TPSA) is 86.3 Å². The third kappa shape index (κ3) is 3.13. The minimum atomic E-state index is -0.857. The average Bonchev–Trinajstić information content (AvgIpc) is 2.90. The second-order valence-electron chi connectivity index (χ2n) is 5.07. The van der Waals surface area contributed by atoms with Crippen LogP contribution in [0.15, 0.2) is 12.4 Å². The molecule has 0 aliphatic heterocycles. The number of nitrogens with one attached hydrogen (secondary N) is 1. The number of hydrogen-bond acceptors (Lipinski definition) is 3. The Morgan fingerprint density at radius 3 is 2.68 bits per heavy atom. The molecule has 19 heavy (non-hydrogen) atoms. The van der Waals surface area contributed by atoms with Crippen molar-refractivity contribution in [2.75, 3.05) is 7.05 Å². The van der Waals surface area contributed by atoms with Gasteiger partial charge in [0.15, 0.2) is 0 Å². The molecule has 6 heteroatoms. The summed E-state index contributed by atoms with van der Waals surface area (Å²) >= 11 is 0. The molecule has 2 N–H and O–H groups in total. The first kappa shape index (κ1) is 13.6. The second-order valence-corrected chi connectivity index (χ2v) is 5.07. The summed E-state index contributed by atoms with van der Waals surface area (Å²) in [5.74, 6) is -1.18. The number of H-pyrrole nitrogens is 1. The molecule has 1 heterocycles. The standard InChI is InChI=1S/C13H19N3O3/c1-16(8-11-14-6-7-15-11)12(17)9-4-2-3-5-10(9)13(18)19/h6-7,9-10H,2-5,8H2,1H3,(H,14,15)(H,18,19)/t9-,10+/m1/s1. The maximum Gasteiger partial charge on any atom is 0.307 e. The van der Waals surface area contributed by atoms with Gasteiger partial charge in [-0.2, -0.15) is 0 Å². The first-order valence-electron chi connectivity index (χ1n) is 6.55. The van der Waals surface area contributed by atoms with Crippen molar-refractivity contribution in [2.45, 2.75) is 32.2 Å². The van der Waals surface area contributed by atoms with Gasteiger partial charge in [0, 0.05) is 19.4 Å². The van der Waals surface area contributed by atoms with E-state index in [-0.39, 0.29) is 5.91 Å². The minimum Gasteiger partial charge on any atom is -0.481 e. The lowest BCUT2D eigenvalue weighted by Crippen LogP contribution is -2.40. The number of carboxylic acids is 1. The number of nitrogens with zero attached hydrogens (tertiary/aromatic N) is 2. The van der Waals surface area contributed by atoms with Gasteiger partial charge in [-0.05, 0) is 12.8 Å². The molecular weight excluding hydrogens is 246 g/mol. The Bertz CT molecular complexity index is 444. The number of hydrogen-bond donors (Lipinski definition) is 2. The monoisotopic (exact) mass is 265 g/mol. The molecule has 0 saturated heterocycles. The van der Waals surface area contributed by atoms with Gasteiger partial charge in [-0.25, -0.2) is 4.98 Å². The molecule has 1 amide bonds. The van der Waals surface area contributed by atoms with Crippen molar-refractivity contribution in [2.24, 2.45) is 11.8 Å². The summed E-state index contributed by atoms with van der Waals surface area (Å²) in [6, 6.07) is 0. The quantitative estimate of drug-likeness (QED) is 0.858. The van der Waals surface area contributed by atoms with E-state index in [1.54, 1.807) is 24.3 Å². The maximum atomic E-state index is 12.4. The van der Waals surface area contributed by atoms with Gasteiger partial charge in [-0.15, -0.1) is 0 Å². The van der Waals surface area contributed by atoms with Gasteiger partial charge in [-0.1, -0.05) is 12.8 Å². The fourth-order valence-electron chi connectivity index (χ4n) is 2.69. The second kappa shape index (κ2) is 5.86. The van der Waals surface area contributed by atoms with Crippen molar-refractivity contribution in [1.29, 1.82) is 0 Å². The molecule has 1 aromatic rings. The Morgan fingerprint density at radius 1 is 1.42 bits per heavy atom. The van der Waals surface area contributed by atoms with E-state index < -0.39 is 17.8 Å². The number of carboxylic acid groups (broad SMARTS) is 1. The molecule has 0 aromatic carbocycles. The summed E-state index contributed by atoms with van der Waals surface area (Å²) in [6.45, 7) is 0.384. The molecule has 104 valence electrons. The first-order valence-corrected chi connectivity index (χ1v) is 6.55. The zero-order valence-electron chi connectivity index (χ0n) is 11.0. The third-order valence-electron chi connectivity index (χ3n) is 3.72. The third-order valence-corrected chi connectivity index (χ3v) is 3.72. The molecule has 2 rings (SSSR count). The van der Waals surface area contributed by atoms with Crippen LogP contribution in [0.4, 0.5) is 0 Å². The lowest BCUT2D eigenvalue weighted by atomic mass is 9.78. The van der Waals surface area contributed by atoms with Crippen LogP contribution in [0.3, 0.4) is 0 Å². The first-order chi connectivity index (χ1) is 9.09. The minimum absolute atomic E-state index is 0.0940. The molecule has 1 aliphatic carbocycles. The molecule has 1 fully saturated rings. The van der Waals surface area contributed by atoms with Gasteiger partial charge >= 0.3 is 5.97 Å². The SMILES string of the molecule is CN(Cc1ncc[nH]1)C(=O)[C@@H]1CCCC[C@@H]1C(=O)O. The van der Waals surface area contributed by atoms with Crippen LogP contribution in [0.25, 0.3) is 0 Å². The molecule has 1 aromatic heterocycles. The van der Waals surface area contributed by atoms with E-state index in [1.165, 1.54) is 0 Å². The van der Waals surface area contributed by atoms with Crippen LogP contribution >= 0.6 is 0 Å². The molecule has 0 unspecified atom stereocenters. The fourth-order valence-corrected chi connectivity index (χ4v) is 2.69. The largest absolute Gasteiger partial charge is 0.481 e. The van der Waals surface area contributed by atoms with E-state index >= 15 is 0 Å². The van der Waals surface area contributed by atoms with Gasteiger partial charge in [-0.3, -0.25) is 9.59 Å². The van der Waals surface area contributed by atoms with Crippen LogP contribution < -0.4 is 0 Å². The molecule has 1 saturated carbocycles. The van der Waals surface area contributed by atoms with Crippen molar-refractivity contribution < 1.29 is 14.7 Å². The highest BCUT2D eigenvalue weighted by atomic mass is 16.4. The van der Waals surface area contributed by atoms with Gasteiger partial charge < -0.3 is 15.0 Å². The van der Waals surface area contributed by atoms with Crippen molar-refractivity contribution >= 4 is 11.9 Å². The van der Waals surface area contributed by atoms with Crippen LogP contribution in [-0.2, 0) is 16.1 Å². The Morgan fingerprint density at radius 2 is 2.11 bits per heavy atom. The van der Waals surface area contributed by atoms with Crippen molar-refractivity contribution in [3.05, 3.63) is 18.2 Å². The number of rotatable bonds is 4. The number of carbonyl (C=O) groups excluding carboxylic acids is 1. The Labute approximate surface area is 111 Å². The van der Waals surface area contributed by atoms with Crippen molar-refractivity contribution in [3.63, 3.8) is 0 Å². The summed E-state index contributed by atoms with van der Waals surface area (Å²) in [5.41, 5.74) is 0. The van der Waals surface area contributed by atoms with Crippen LogP contribution in [0.2, 0.25) is 0 Å². The lowest BCUT2D eigenvalue weighted by molar-refractivity contribution is -0.152. The van der Waals surface area contributed by atoms with Gasteiger partial charge in [0.05, 0.1) is 18.4 Å². The van der Waals surface area contributed by atoms with E-state index in [0.717, 1.165) is 12.8 Å². The maximum absolute atomic E-state index is 12.4. The summed E-state index contributed by atoms with van der Waals surface area (Å²) in [4.78, 5) is 32.2. The number of aromatic nitrogens is 2. The molecule has 0 radical (unpaired) electrons. The molecule has 0 bridgehead atoms. The fraction of sp³-hybridized carbons (Fsp3) is 0.615. The smallest absolute Gasteiger partial charge is 0.307 e. The normalized spacial score (nSPS) is 23.0. The number of amides is 1. The van der Waals surface area contributed by atoms with Crippen LogP contribution in [-0.4, -0.2) is 38.9 Å². The highest BCUT2D eigenvalue weighted by molar-refractivity contribution is 5.84. The molecule has 1 aliphatic rings. The Kier molecular flexibility index (Phi) is 4.19. The lowest BCUT2D eigenvalue weighted by Gasteiger charge is -2.30. The van der Waals surface area contributed by atoms with E-state index in [2.05, 4.69) is 9.97 Å². The van der Waals surface area contributed by atoms with Gasteiger partial charge in [0.25, 0.3) is 0 Å². The summed E-state index contributed by atoms with van der Waals surface area (Å²) in [7, 11) is 1.69. The van der Waals surface area contributed by atoms with E-state index in [1.807, 2.05) is 0 Å². The zero-order valence-corrected chi connectivity index (χ0v) is 11.0. The highest BCUT2D eigenvalue weighted by Crippen LogP contribution is 2.31. The average molecular weight is 265 g/mol. The Balaban J connectivity index is 2.02. The summed E-state index contributed by atoms with van der Waals surface area (Å²) in [5, 5.41) is 9.21. The predicted molar refractivity (Wildman–Crippen MR) is 68.1 cm³/mol. The van der Waals surface area contributed by atoms with Crippen molar-refractivity contribution in [3.8, 4) is 0 Å². The van der Waals surface area contributed by atoms with E-state index in [4.69, 9.17) is 0 Å². The van der Waals surface area contributed by atoms with E-state index in [0.29, 0.717) is 25.2 Å². The molecule has 2 atom stereocenters. The zero-order chi connectivity index (χ0) is 13.8. The van der Waals surface area contributed by atoms with Crippen LogP contribution in [0, 0.1) is 11.8 Å².